The number of rotatable bonds is 7. The van der Waals surface area contributed by atoms with E-state index >= 15 is 0 Å². The zero-order valence-corrected chi connectivity index (χ0v) is 10.2. The van der Waals surface area contributed by atoms with Crippen LogP contribution in [0.25, 0.3) is 0 Å². The standard InChI is InChI=1S/C12H18N2O5/c15-7-10(17)12(19)11(18)9(16)6-13-14-8-4-2-1-3-5-8/h1-6,9-12,14-19H,7H2/b13-6-. The van der Waals surface area contributed by atoms with Gasteiger partial charge in [0.2, 0.25) is 0 Å². The molecule has 0 spiro atoms. The summed E-state index contributed by atoms with van der Waals surface area (Å²) in [4.78, 5) is 0. The van der Waals surface area contributed by atoms with Gasteiger partial charge in [-0.1, -0.05) is 18.2 Å². The molecule has 0 radical (unpaired) electrons. The van der Waals surface area contributed by atoms with Gasteiger partial charge >= 0.3 is 0 Å². The molecule has 0 aliphatic rings. The van der Waals surface area contributed by atoms with Crippen LogP contribution in [0.1, 0.15) is 0 Å². The van der Waals surface area contributed by atoms with Gasteiger partial charge in [0, 0.05) is 0 Å². The highest BCUT2D eigenvalue weighted by Gasteiger charge is 2.29. The second kappa shape index (κ2) is 7.82. The van der Waals surface area contributed by atoms with Crippen LogP contribution in [0.2, 0.25) is 0 Å². The highest BCUT2D eigenvalue weighted by molar-refractivity contribution is 5.65. The molecule has 7 nitrogen and oxygen atoms in total. The molecule has 1 aromatic rings. The van der Waals surface area contributed by atoms with E-state index in [4.69, 9.17) is 10.2 Å². The summed E-state index contributed by atoms with van der Waals surface area (Å²) in [5, 5.41) is 49.8. The lowest BCUT2D eigenvalue weighted by Crippen LogP contribution is -2.46. The van der Waals surface area contributed by atoms with Gasteiger partial charge < -0.3 is 25.5 Å². The quantitative estimate of drug-likeness (QED) is 0.265. The van der Waals surface area contributed by atoms with Gasteiger partial charge in [0.1, 0.15) is 24.4 Å². The number of hydrogen-bond acceptors (Lipinski definition) is 7. The number of aliphatic hydroxyl groups is 5. The van der Waals surface area contributed by atoms with Gasteiger partial charge in [-0.2, -0.15) is 5.10 Å². The molecule has 7 heteroatoms. The minimum absolute atomic E-state index is 0.691. The third kappa shape index (κ3) is 4.93. The fourth-order valence-corrected chi connectivity index (χ4v) is 1.33. The van der Waals surface area contributed by atoms with Crippen molar-refractivity contribution >= 4 is 11.9 Å². The second-order valence-electron chi connectivity index (χ2n) is 3.98. The lowest BCUT2D eigenvalue weighted by molar-refractivity contribution is -0.0999. The fourth-order valence-electron chi connectivity index (χ4n) is 1.33. The summed E-state index contributed by atoms with van der Waals surface area (Å²) >= 11 is 0. The minimum atomic E-state index is -1.66. The fraction of sp³-hybridized carbons (Fsp3) is 0.417. The van der Waals surface area contributed by atoms with E-state index in [0.29, 0.717) is 5.69 Å². The maximum Gasteiger partial charge on any atom is 0.119 e. The second-order valence-corrected chi connectivity index (χ2v) is 3.98. The molecule has 6 N–H and O–H groups in total. The number of hydrogen-bond donors (Lipinski definition) is 6. The normalized spacial score (nSPS) is 17.9. The SMILES string of the molecule is OCC(O)C(O)C(O)C(O)/C=N\Nc1ccccc1. The summed E-state index contributed by atoms with van der Waals surface area (Å²) in [5.74, 6) is 0. The van der Waals surface area contributed by atoms with Crippen molar-refractivity contribution in [2.24, 2.45) is 5.10 Å². The first-order valence-electron chi connectivity index (χ1n) is 5.73. The number of hydrazone groups is 1. The van der Waals surface area contributed by atoms with Crippen molar-refractivity contribution in [3.05, 3.63) is 30.3 Å². The molecule has 0 fully saturated rings. The van der Waals surface area contributed by atoms with Gasteiger partial charge in [0.25, 0.3) is 0 Å². The number of nitrogens with zero attached hydrogens (tertiary/aromatic N) is 1. The number of anilines is 1. The molecule has 0 heterocycles. The molecule has 0 bridgehead atoms. The first-order valence-corrected chi connectivity index (χ1v) is 5.73. The van der Waals surface area contributed by atoms with E-state index < -0.39 is 31.0 Å². The van der Waals surface area contributed by atoms with Crippen molar-refractivity contribution < 1.29 is 25.5 Å². The summed E-state index contributed by atoms with van der Waals surface area (Å²) in [6.07, 6.45) is -5.33. The summed E-state index contributed by atoms with van der Waals surface area (Å²) < 4.78 is 0. The Balaban J connectivity index is 2.47. The van der Waals surface area contributed by atoms with Gasteiger partial charge in [0.05, 0.1) is 18.5 Å². The number of nitrogens with one attached hydrogen (secondary N) is 1. The predicted molar refractivity (Wildman–Crippen MR) is 69.7 cm³/mol. The van der Waals surface area contributed by atoms with Crippen LogP contribution >= 0.6 is 0 Å². The number of benzene rings is 1. The molecule has 0 amide bonds. The maximum atomic E-state index is 9.52. The molecule has 106 valence electrons. The molecule has 4 atom stereocenters. The molecule has 0 aliphatic carbocycles. The van der Waals surface area contributed by atoms with Gasteiger partial charge in [-0.25, -0.2) is 0 Å². The Labute approximate surface area is 110 Å². The highest BCUT2D eigenvalue weighted by Crippen LogP contribution is 2.06. The van der Waals surface area contributed by atoms with Crippen molar-refractivity contribution in [3.63, 3.8) is 0 Å². The van der Waals surface area contributed by atoms with Gasteiger partial charge in [-0.05, 0) is 12.1 Å². The van der Waals surface area contributed by atoms with Gasteiger partial charge in [-0.15, -0.1) is 0 Å². The smallest absolute Gasteiger partial charge is 0.119 e. The van der Waals surface area contributed by atoms with Crippen molar-refractivity contribution in [2.75, 3.05) is 12.0 Å². The Morgan fingerprint density at radius 1 is 1.05 bits per heavy atom. The molecule has 0 aliphatic heterocycles. The predicted octanol–water partition coefficient (Wildman–Crippen LogP) is -1.48. The monoisotopic (exact) mass is 270 g/mol. The van der Waals surface area contributed by atoms with Crippen LogP contribution in [0.3, 0.4) is 0 Å². The Hall–Kier alpha value is -1.51. The van der Waals surface area contributed by atoms with Crippen molar-refractivity contribution in [3.8, 4) is 0 Å². The van der Waals surface area contributed by atoms with Crippen molar-refractivity contribution in [2.45, 2.75) is 24.4 Å². The Morgan fingerprint density at radius 2 is 1.68 bits per heavy atom. The van der Waals surface area contributed by atoms with E-state index in [2.05, 4.69) is 10.5 Å². The van der Waals surface area contributed by atoms with E-state index in [1.54, 1.807) is 24.3 Å². The molecule has 0 saturated carbocycles. The van der Waals surface area contributed by atoms with Gasteiger partial charge in [-0.3, -0.25) is 5.43 Å². The molecular formula is C12H18N2O5. The zero-order chi connectivity index (χ0) is 14.3. The third-order valence-electron chi connectivity index (χ3n) is 2.48. The first-order chi connectivity index (χ1) is 9.06. The first kappa shape index (κ1) is 15.5. The Kier molecular flexibility index (Phi) is 6.40. The van der Waals surface area contributed by atoms with Crippen molar-refractivity contribution in [1.29, 1.82) is 0 Å². The molecule has 0 aromatic heterocycles. The summed E-state index contributed by atoms with van der Waals surface area (Å²) in [6, 6.07) is 8.93. The summed E-state index contributed by atoms with van der Waals surface area (Å²) in [7, 11) is 0. The lowest BCUT2D eigenvalue weighted by Gasteiger charge is -2.23. The Morgan fingerprint density at radius 3 is 2.26 bits per heavy atom. The summed E-state index contributed by atoms with van der Waals surface area (Å²) in [6.45, 7) is -0.718. The van der Waals surface area contributed by atoms with E-state index in [9.17, 15) is 15.3 Å². The van der Waals surface area contributed by atoms with E-state index in [-0.39, 0.29) is 0 Å². The largest absolute Gasteiger partial charge is 0.394 e. The highest BCUT2D eigenvalue weighted by atomic mass is 16.4. The van der Waals surface area contributed by atoms with Crippen LogP contribution in [0.4, 0.5) is 5.69 Å². The molecule has 19 heavy (non-hydrogen) atoms. The van der Waals surface area contributed by atoms with E-state index in [0.717, 1.165) is 6.21 Å². The lowest BCUT2D eigenvalue weighted by atomic mass is 10.0. The summed E-state index contributed by atoms with van der Waals surface area (Å²) in [5.41, 5.74) is 3.31. The maximum absolute atomic E-state index is 9.52. The zero-order valence-electron chi connectivity index (χ0n) is 10.2. The minimum Gasteiger partial charge on any atom is -0.394 e. The van der Waals surface area contributed by atoms with Crippen LogP contribution in [0, 0.1) is 0 Å². The molecule has 0 saturated heterocycles. The van der Waals surface area contributed by atoms with Gasteiger partial charge in [0.15, 0.2) is 0 Å². The average molecular weight is 270 g/mol. The average Bonchev–Trinajstić information content (AvgIpc) is 2.45. The molecule has 1 rings (SSSR count). The van der Waals surface area contributed by atoms with Crippen LogP contribution < -0.4 is 5.43 Å². The van der Waals surface area contributed by atoms with Crippen LogP contribution in [0.15, 0.2) is 35.4 Å². The van der Waals surface area contributed by atoms with Crippen molar-refractivity contribution in [1.82, 2.24) is 0 Å². The topological polar surface area (TPSA) is 126 Å². The van der Waals surface area contributed by atoms with E-state index in [1.165, 1.54) is 0 Å². The number of para-hydroxylation sites is 1. The van der Waals surface area contributed by atoms with Crippen LogP contribution in [-0.2, 0) is 0 Å². The van der Waals surface area contributed by atoms with Crippen LogP contribution in [-0.4, -0.2) is 62.8 Å². The third-order valence-corrected chi connectivity index (χ3v) is 2.48. The molecular weight excluding hydrogens is 252 g/mol. The van der Waals surface area contributed by atoms with E-state index in [1.807, 2.05) is 6.07 Å². The Bertz CT molecular complexity index is 387. The molecule has 4 unspecified atom stereocenters. The van der Waals surface area contributed by atoms with Crippen LogP contribution in [0.5, 0.6) is 0 Å². The number of aliphatic hydroxyl groups excluding tert-OH is 5. The molecule has 1 aromatic carbocycles.